The fourth-order valence-corrected chi connectivity index (χ4v) is 4.35. The second kappa shape index (κ2) is 9.17. The smallest absolute Gasteiger partial charge is 0.247 e. The maximum Gasteiger partial charge on any atom is 0.247 e. The van der Waals surface area contributed by atoms with Crippen molar-refractivity contribution in [1.82, 2.24) is 19.9 Å². The third-order valence-electron chi connectivity index (χ3n) is 5.06. The van der Waals surface area contributed by atoms with Crippen LogP contribution in [0.2, 0.25) is 0 Å². The van der Waals surface area contributed by atoms with Gasteiger partial charge in [0.05, 0.1) is 11.7 Å². The quantitative estimate of drug-likeness (QED) is 0.585. The molecular weight excluding hydrogens is 394 g/mol. The Balaban J connectivity index is 1.56. The number of likely N-dealkylation sites (tertiary alicyclic amines) is 1. The van der Waals surface area contributed by atoms with Gasteiger partial charge >= 0.3 is 0 Å². The number of carbonyl (C=O) groups excluding carboxylic acids is 1. The van der Waals surface area contributed by atoms with Crippen molar-refractivity contribution < 1.29 is 4.79 Å². The molecule has 0 unspecified atom stereocenters. The summed E-state index contributed by atoms with van der Waals surface area (Å²) in [6.07, 6.45) is 8.36. The first kappa shape index (κ1) is 20.2. The van der Waals surface area contributed by atoms with Crippen LogP contribution in [0.15, 0.2) is 48.7 Å². The summed E-state index contributed by atoms with van der Waals surface area (Å²) in [6.45, 7) is 4.64. The molecule has 0 saturated carbocycles. The lowest BCUT2D eigenvalue weighted by Crippen LogP contribution is -2.38. The van der Waals surface area contributed by atoms with E-state index in [0.717, 1.165) is 47.1 Å². The number of hydrogen-bond acceptors (Lipinski definition) is 6. The number of nitrogens with zero attached hydrogens (tertiary/aromatic N) is 4. The zero-order chi connectivity index (χ0) is 20.9. The van der Waals surface area contributed by atoms with Crippen molar-refractivity contribution in [2.75, 3.05) is 11.9 Å². The lowest BCUT2D eigenvalue weighted by atomic mass is 9.98. The minimum Gasteiger partial charge on any atom is -0.331 e. The van der Waals surface area contributed by atoms with Crippen molar-refractivity contribution in [1.29, 1.82) is 0 Å². The zero-order valence-corrected chi connectivity index (χ0v) is 18.0. The van der Waals surface area contributed by atoms with Crippen molar-refractivity contribution >= 4 is 34.3 Å². The van der Waals surface area contributed by atoms with E-state index in [1.807, 2.05) is 67.4 Å². The molecule has 1 fully saturated rings. The highest BCUT2D eigenvalue weighted by Crippen LogP contribution is 2.32. The van der Waals surface area contributed by atoms with Crippen LogP contribution in [-0.4, -0.2) is 32.3 Å². The monoisotopic (exact) mass is 419 g/mol. The molecule has 7 heteroatoms. The highest BCUT2D eigenvalue weighted by Gasteiger charge is 2.28. The molecule has 1 N–H and O–H groups in total. The number of aromatic nitrogens is 3. The van der Waals surface area contributed by atoms with E-state index in [1.165, 1.54) is 0 Å². The molecule has 1 aliphatic heterocycles. The average Bonchev–Trinajstić information content (AvgIpc) is 3.16. The summed E-state index contributed by atoms with van der Waals surface area (Å²) in [4.78, 5) is 29.6. The van der Waals surface area contributed by atoms with Crippen LogP contribution in [0.5, 0.6) is 0 Å². The number of aryl methyl sites for hydroxylation is 2. The molecule has 1 saturated heterocycles. The normalized spacial score (nSPS) is 16.7. The Morgan fingerprint density at radius 1 is 1.20 bits per heavy atom. The number of piperidine rings is 1. The van der Waals surface area contributed by atoms with Gasteiger partial charge in [0, 0.05) is 29.8 Å². The summed E-state index contributed by atoms with van der Waals surface area (Å²) in [5.74, 6) is 1.41. The predicted molar refractivity (Wildman–Crippen MR) is 121 cm³/mol. The maximum atomic E-state index is 13.0. The number of rotatable bonds is 5. The van der Waals surface area contributed by atoms with E-state index in [4.69, 9.17) is 0 Å². The number of anilines is 2. The molecule has 2 aromatic heterocycles. The molecule has 1 aliphatic rings. The summed E-state index contributed by atoms with van der Waals surface area (Å²) in [7, 11) is 0. The third kappa shape index (κ3) is 4.91. The van der Waals surface area contributed by atoms with Gasteiger partial charge < -0.3 is 10.2 Å². The number of carbonyl (C=O) groups is 1. The summed E-state index contributed by atoms with van der Waals surface area (Å²) in [6, 6.07) is 11.8. The van der Waals surface area contributed by atoms with Gasteiger partial charge in [0.15, 0.2) is 5.13 Å². The molecule has 1 aromatic carbocycles. The third-order valence-corrected chi connectivity index (χ3v) is 5.89. The standard InChI is InChI=1S/C23H25N5OS/c1-16-15-24-23(30-16)27-21-14-19(25-17(2)26-21)20-10-6-7-13-28(20)22(29)12-11-18-8-4-3-5-9-18/h3-5,8-9,11-12,14-15,20H,6-7,10,13H2,1-2H3,(H,24,25,26,27)/b12-11+/t20-/m1/s1. The van der Waals surface area contributed by atoms with E-state index in [2.05, 4.69) is 20.3 Å². The Labute approximate surface area is 180 Å². The highest BCUT2D eigenvalue weighted by atomic mass is 32.1. The van der Waals surface area contributed by atoms with Gasteiger partial charge in [-0.05, 0) is 44.7 Å². The van der Waals surface area contributed by atoms with Crippen LogP contribution < -0.4 is 5.32 Å². The Hall–Kier alpha value is -3.06. The SMILES string of the molecule is Cc1nc(Nc2ncc(C)s2)cc([C@H]2CCCCN2C(=O)/C=C/c2ccccc2)n1. The highest BCUT2D eigenvalue weighted by molar-refractivity contribution is 7.15. The Kier molecular flexibility index (Phi) is 6.18. The van der Waals surface area contributed by atoms with Gasteiger partial charge in [-0.15, -0.1) is 11.3 Å². The van der Waals surface area contributed by atoms with Crippen molar-refractivity contribution in [2.45, 2.75) is 39.2 Å². The second-order valence-electron chi connectivity index (χ2n) is 7.41. The van der Waals surface area contributed by atoms with Crippen LogP contribution in [0.25, 0.3) is 6.08 Å². The summed E-state index contributed by atoms with van der Waals surface area (Å²) in [5.41, 5.74) is 1.89. The Bertz CT molecular complexity index is 1050. The van der Waals surface area contributed by atoms with Gasteiger partial charge in [-0.1, -0.05) is 30.3 Å². The second-order valence-corrected chi connectivity index (χ2v) is 8.65. The zero-order valence-electron chi connectivity index (χ0n) is 17.2. The van der Waals surface area contributed by atoms with Crippen molar-refractivity contribution in [3.05, 3.63) is 70.6 Å². The van der Waals surface area contributed by atoms with Gasteiger partial charge in [0.25, 0.3) is 0 Å². The Morgan fingerprint density at radius 3 is 2.80 bits per heavy atom. The van der Waals surface area contributed by atoms with Gasteiger partial charge in [-0.25, -0.2) is 15.0 Å². The van der Waals surface area contributed by atoms with Crippen LogP contribution in [0.3, 0.4) is 0 Å². The average molecular weight is 420 g/mol. The number of hydrogen-bond donors (Lipinski definition) is 1. The number of thiazole rings is 1. The van der Waals surface area contributed by atoms with Crippen LogP contribution in [0.1, 0.15) is 47.3 Å². The molecular formula is C23H25N5OS. The maximum absolute atomic E-state index is 13.0. The predicted octanol–water partition coefficient (Wildman–Crippen LogP) is 5.06. The van der Waals surface area contributed by atoms with Gasteiger partial charge in [-0.2, -0.15) is 0 Å². The molecule has 3 heterocycles. The number of benzene rings is 1. The van der Waals surface area contributed by atoms with E-state index >= 15 is 0 Å². The molecule has 0 spiro atoms. The molecule has 154 valence electrons. The first-order chi connectivity index (χ1) is 14.6. The Morgan fingerprint density at radius 2 is 2.03 bits per heavy atom. The van der Waals surface area contributed by atoms with E-state index in [-0.39, 0.29) is 11.9 Å². The lowest BCUT2D eigenvalue weighted by molar-refractivity contribution is -0.129. The number of nitrogens with one attached hydrogen (secondary N) is 1. The molecule has 6 nitrogen and oxygen atoms in total. The van der Waals surface area contributed by atoms with Crippen LogP contribution in [-0.2, 0) is 4.79 Å². The van der Waals surface area contributed by atoms with Crippen LogP contribution in [0.4, 0.5) is 10.9 Å². The van der Waals surface area contributed by atoms with E-state index in [9.17, 15) is 4.79 Å². The summed E-state index contributed by atoms with van der Waals surface area (Å²) < 4.78 is 0. The molecule has 0 aliphatic carbocycles. The first-order valence-electron chi connectivity index (χ1n) is 10.2. The fraction of sp³-hybridized carbons (Fsp3) is 0.304. The fourth-order valence-electron chi connectivity index (χ4n) is 3.68. The topological polar surface area (TPSA) is 71.0 Å². The minimum atomic E-state index is -0.0491. The lowest BCUT2D eigenvalue weighted by Gasteiger charge is -2.35. The minimum absolute atomic E-state index is 0.0184. The van der Waals surface area contributed by atoms with E-state index in [0.29, 0.717) is 11.6 Å². The summed E-state index contributed by atoms with van der Waals surface area (Å²) in [5, 5.41) is 4.08. The molecule has 30 heavy (non-hydrogen) atoms. The van der Waals surface area contributed by atoms with E-state index < -0.39 is 0 Å². The van der Waals surface area contributed by atoms with Gasteiger partial charge in [0.1, 0.15) is 11.6 Å². The molecule has 3 aromatic rings. The van der Waals surface area contributed by atoms with Crippen molar-refractivity contribution in [3.8, 4) is 0 Å². The van der Waals surface area contributed by atoms with Crippen LogP contribution >= 0.6 is 11.3 Å². The summed E-state index contributed by atoms with van der Waals surface area (Å²) >= 11 is 1.58. The van der Waals surface area contributed by atoms with E-state index in [1.54, 1.807) is 17.4 Å². The first-order valence-corrected chi connectivity index (χ1v) is 11.0. The molecule has 0 bridgehead atoms. The van der Waals surface area contributed by atoms with Gasteiger partial charge in [0.2, 0.25) is 5.91 Å². The number of amides is 1. The molecule has 1 amide bonds. The van der Waals surface area contributed by atoms with Gasteiger partial charge in [-0.3, -0.25) is 4.79 Å². The van der Waals surface area contributed by atoms with Crippen molar-refractivity contribution in [3.63, 3.8) is 0 Å². The molecule has 4 rings (SSSR count). The molecule has 1 atom stereocenters. The van der Waals surface area contributed by atoms with Crippen LogP contribution in [0, 0.1) is 13.8 Å². The largest absolute Gasteiger partial charge is 0.331 e. The van der Waals surface area contributed by atoms with Crippen molar-refractivity contribution in [2.24, 2.45) is 0 Å². The molecule has 0 radical (unpaired) electrons.